The van der Waals surface area contributed by atoms with Crippen molar-refractivity contribution in [3.05, 3.63) is 29.8 Å². The van der Waals surface area contributed by atoms with Gasteiger partial charge in [-0.2, -0.15) is 0 Å². The topological polar surface area (TPSA) is 6.48 Å². The summed E-state index contributed by atoms with van der Waals surface area (Å²) in [5, 5.41) is 0. The first-order chi connectivity index (χ1) is 13.3. The number of rotatable bonds is 4. The Bertz CT molecular complexity index is 605. The van der Waals surface area contributed by atoms with Crippen molar-refractivity contribution in [2.24, 2.45) is 16.7 Å². The van der Waals surface area contributed by atoms with E-state index in [0.717, 1.165) is 5.92 Å². The Kier molecular flexibility index (Phi) is 6.80. The summed E-state index contributed by atoms with van der Waals surface area (Å²) in [5.41, 5.74) is 4.03. The highest BCUT2D eigenvalue weighted by molar-refractivity contribution is 5.56. The number of hydrogen-bond donors (Lipinski definition) is 0. The summed E-state index contributed by atoms with van der Waals surface area (Å²) in [6, 6.07) is 9.32. The fourth-order valence-electron chi connectivity index (χ4n) is 6.02. The number of hydrogen-bond acceptors (Lipinski definition) is 2. The minimum absolute atomic E-state index is 0.447. The van der Waals surface area contributed by atoms with Crippen LogP contribution in [0.2, 0.25) is 0 Å². The predicted molar refractivity (Wildman–Crippen MR) is 123 cm³/mol. The molecule has 28 heavy (non-hydrogen) atoms. The van der Waals surface area contributed by atoms with E-state index in [-0.39, 0.29) is 0 Å². The van der Waals surface area contributed by atoms with Gasteiger partial charge in [-0.25, -0.2) is 0 Å². The van der Waals surface area contributed by atoms with Crippen LogP contribution < -0.4 is 4.90 Å². The highest BCUT2D eigenvalue weighted by atomic mass is 15.3. The van der Waals surface area contributed by atoms with Crippen LogP contribution in [0, 0.1) is 16.7 Å². The molecule has 0 amide bonds. The zero-order valence-corrected chi connectivity index (χ0v) is 19.4. The molecule has 1 saturated heterocycles. The number of anilines is 1. The van der Waals surface area contributed by atoms with Gasteiger partial charge in [-0.05, 0) is 66.4 Å². The van der Waals surface area contributed by atoms with Crippen molar-refractivity contribution in [1.29, 1.82) is 0 Å². The van der Waals surface area contributed by atoms with Crippen molar-refractivity contribution in [2.45, 2.75) is 79.6 Å². The van der Waals surface area contributed by atoms with E-state index in [1.54, 1.807) is 5.56 Å². The Labute approximate surface area is 174 Å². The maximum Gasteiger partial charge on any atom is 0.0402 e. The van der Waals surface area contributed by atoms with Crippen LogP contribution in [0.15, 0.2) is 24.3 Å². The minimum Gasteiger partial charge on any atom is -0.369 e. The summed E-state index contributed by atoms with van der Waals surface area (Å²) in [7, 11) is 0. The Morgan fingerprint density at radius 1 is 0.857 bits per heavy atom. The van der Waals surface area contributed by atoms with Crippen LogP contribution in [0.5, 0.6) is 0 Å². The Morgan fingerprint density at radius 2 is 1.43 bits per heavy atom. The number of nitrogens with zero attached hydrogens (tertiary/aromatic N) is 2. The summed E-state index contributed by atoms with van der Waals surface area (Å²) < 4.78 is 0. The predicted octanol–water partition coefficient (Wildman–Crippen LogP) is 6.56. The average Bonchev–Trinajstić information content (AvgIpc) is 3.46. The second kappa shape index (κ2) is 8.78. The van der Waals surface area contributed by atoms with Crippen molar-refractivity contribution < 1.29 is 0 Å². The molecule has 2 aliphatic carbocycles. The number of benzene rings is 1. The van der Waals surface area contributed by atoms with Gasteiger partial charge in [0.15, 0.2) is 0 Å². The lowest BCUT2D eigenvalue weighted by Gasteiger charge is -2.46. The first-order valence-electron chi connectivity index (χ1n) is 11.9. The maximum absolute atomic E-state index is 2.70. The average molecular weight is 385 g/mol. The number of para-hydroxylation sites is 1. The molecule has 3 aliphatic rings. The first kappa shape index (κ1) is 21.7. The lowest BCUT2D eigenvalue weighted by Crippen LogP contribution is -2.47. The van der Waals surface area contributed by atoms with Crippen LogP contribution in [-0.2, 0) is 0 Å². The highest BCUT2D eigenvalue weighted by Crippen LogP contribution is 2.53. The molecule has 1 aliphatic heterocycles. The quantitative estimate of drug-likeness (QED) is 0.579. The Hall–Kier alpha value is -1.02. The molecular weight excluding hydrogens is 340 g/mol. The van der Waals surface area contributed by atoms with Crippen LogP contribution in [0.3, 0.4) is 0 Å². The molecule has 0 aromatic heterocycles. The molecule has 2 nitrogen and oxygen atoms in total. The molecule has 4 rings (SSSR count). The van der Waals surface area contributed by atoms with Gasteiger partial charge in [0.25, 0.3) is 0 Å². The zero-order valence-electron chi connectivity index (χ0n) is 19.4. The molecule has 0 radical (unpaired) electrons. The van der Waals surface area contributed by atoms with Gasteiger partial charge < -0.3 is 4.90 Å². The minimum atomic E-state index is 0.447. The largest absolute Gasteiger partial charge is 0.369 e. The van der Waals surface area contributed by atoms with Crippen molar-refractivity contribution in [1.82, 2.24) is 4.90 Å². The van der Waals surface area contributed by atoms with Crippen molar-refractivity contribution in [3.8, 4) is 0 Å². The molecule has 3 fully saturated rings. The van der Waals surface area contributed by atoms with Crippen molar-refractivity contribution in [2.75, 3.05) is 37.6 Å². The van der Waals surface area contributed by atoms with Crippen LogP contribution in [0.25, 0.3) is 0 Å². The summed E-state index contributed by atoms with van der Waals surface area (Å²) in [6.45, 7) is 20.1. The highest BCUT2D eigenvalue weighted by Gasteiger charge is 2.40. The lowest BCUT2D eigenvalue weighted by molar-refractivity contribution is 0.0970. The molecule has 158 valence electrons. The third kappa shape index (κ3) is 5.53. The molecule has 0 unspecified atom stereocenters. The SMILES string of the molecule is CC.CC1(C)CC(c2ccccc2N2CCN(CC3CC3)CC2)CC(C)(C)C1. The van der Waals surface area contributed by atoms with Crippen molar-refractivity contribution >= 4 is 5.69 Å². The van der Waals surface area contributed by atoms with Gasteiger partial charge in [-0.15, -0.1) is 0 Å². The van der Waals surface area contributed by atoms with Gasteiger partial charge in [0.1, 0.15) is 0 Å². The molecule has 0 N–H and O–H groups in total. The number of piperazine rings is 1. The van der Waals surface area contributed by atoms with Gasteiger partial charge >= 0.3 is 0 Å². The van der Waals surface area contributed by atoms with E-state index in [1.807, 2.05) is 13.8 Å². The van der Waals surface area contributed by atoms with E-state index in [2.05, 4.69) is 61.8 Å². The van der Waals surface area contributed by atoms with Gasteiger partial charge in [0, 0.05) is 38.4 Å². The van der Waals surface area contributed by atoms with Crippen LogP contribution in [0.1, 0.15) is 85.1 Å². The normalized spacial score (nSPS) is 25.1. The molecule has 0 bridgehead atoms. The molecule has 2 saturated carbocycles. The molecular formula is C26H44N2. The molecule has 1 heterocycles. The van der Waals surface area contributed by atoms with E-state index < -0.39 is 0 Å². The van der Waals surface area contributed by atoms with E-state index in [1.165, 1.54) is 70.5 Å². The summed E-state index contributed by atoms with van der Waals surface area (Å²) in [5.74, 6) is 1.72. The lowest BCUT2D eigenvalue weighted by atomic mass is 9.60. The van der Waals surface area contributed by atoms with E-state index in [9.17, 15) is 0 Å². The Balaban J connectivity index is 0.00000109. The molecule has 1 aromatic carbocycles. The Morgan fingerprint density at radius 3 is 2.00 bits per heavy atom. The van der Waals surface area contributed by atoms with Crippen LogP contribution >= 0.6 is 0 Å². The van der Waals surface area contributed by atoms with E-state index in [0.29, 0.717) is 16.7 Å². The summed E-state index contributed by atoms with van der Waals surface area (Å²) in [4.78, 5) is 5.37. The van der Waals surface area contributed by atoms with Crippen LogP contribution in [-0.4, -0.2) is 37.6 Å². The third-order valence-electron chi connectivity index (χ3n) is 6.86. The van der Waals surface area contributed by atoms with Gasteiger partial charge in [0.2, 0.25) is 0 Å². The summed E-state index contributed by atoms with van der Waals surface area (Å²) >= 11 is 0. The molecule has 0 spiro atoms. The van der Waals surface area contributed by atoms with E-state index in [4.69, 9.17) is 0 Å². The first-order valence-corrected chi connectivity index (χ1v) is 11.9. The van der Waals surface area contributed by atoms with Gasteiger partial charge in [-0.3, -0.25) is 4.90 Å². The molecule has 2 heteroatoms. The second-order valence-electron chi connectivity index (χ2n) is 10.9. The van der Waals surface area contributed by atoms with Crippen molar-refractivity contribution in [3.63, 3.8) is 0 Å². The summed E-state index contributed by atoms with van der Waals surface area (Å²) in [6.07, 6.45) is 6.94. The maximum atomic E-state index is 2.70. The monoisotopic (exact) mass is 384 g/mol. The third-order valence-corrected chi connectivity index (χ3v) is 6.86. The fraction of sp³-hybridized carbons (Fsp3) is 0.769. The standard InChI is InChI=1S/C24H38N2.C2H6/c1-23(2)15-20(16-24(3,4)18-23)21-7-5-6-8-22(21)26-13-11-25(12-14-26)17-19-9-10-19;1-2/h5-8,19-20H,9-18H2,1-4H3;1-2H3. The second-order valence-corrected chi connectivity index (χ2v) is 10.9. The molecule has 1 aromatic rings. The molecule has 0 atom stereocenters. The van der Waals surface area contributed by atoms with Gasteiger partial charge in [0.05, 0.1) is 0 Å². The van der Waals surface area contributed by atoms with Crippen LogP contribution in [0.4, 0.5) is 5.69 Å². The zero-order chi connectivity index (χ0) is 20.4. The van der Waals surface area contributed by atoms with Gasteiger partial charge in [-0.1, -0.05) is 59.7 Å². The van der Waals surface area contributed by atoms with E-state index >= 15 is 0 Å². The smallest absolute Gasteiger partial charge is 0.0402 e. The fourth-order valence-corrected chi connectivity index (χ4v) is 6.02.